The maximum atomic E-state index is 12.7. The number of carbonyl (C=O) groups excluding carboxylic acids is 1. The molecule has 3 aromatic rings. The van der Waals surface area contributed by atoms with Gasteiger partial charge in [0, 0.05) is 38.1 Å². The summed E-state index contributed by atoms with van der Waals surface area (Å²) in [6.45, 7) is 1.32. The van der Waals surface area contributed by atoms with E-state index >= 15 is 0 Å². The normalized spacial score (nSPS) is 15.0. The molecule has 0 aliphatic carbocycles. The highest BCUT2D eigenvalue weighted by Gasteiger charge is 2.20. The summed E-state index contributed by atoms with van der Waals surface area (Å²) < 4.78 is 3.51. The van der Waals surface area contributed by atoms with Crippen LogP contribution in [0.4, 0.5) is 0 Å². The van der Waals surface area contributed by atoms with Crippen LogP contribution in [0.25, 0.3) is 11.1 Å². The van der Waals surface area contributed by atoms with E-state index < -0.39 is 0 Å². The SMILES string of the molecule is Cn1nccc1C1=CCN(C(=O)c2ccn3nncc3c2)CC1. The van der Waals surface area contributed by atoms with Crippen LogP contribution in [0.15, 0.2) is 42.9 Å². The van der Waals surface area contributed by atoms with Crippen molar-refractivity contribution in [3.8, 4) is 0 Å². The Morgan fingerprint density at radius 2 is 2.22 bits per heavy atom. The first-order valence-corrected chi connectivity index (χ1v) is 7.49. The molecule has 0 unspecified atom stereocenters. The quantitative estimate of drug-likeness (QED) is 0.717. The molecule has 1 amide bonds. The van der Waals surface area contributed by atoms with Crippen molar-refractivity contribution in [3.05, 3.63) is 54.1 Å². The monoisotopic (exact) mass is 308 g/mol. The molecule has 0 spiro atoms. The van der Waals surface area contributed by atoms with Crippen molar-refractivity contribution < 1.29 is 4.79 Å². The summed E-state index contributed by atoms with van der Waals surface area (Å²) >= 11 is 0. The Bertz CT molecular complexity index is 906. The fraction of sp³-hybridized carbons (Fsp3) is 0.250. The van der Waals surface area contributed by atoms with Crippen LogP contribution in [0.1, 0.15) is 22.5 Å². The molecule has 0 atom stereocenters. The van der Waals surface area contributed by atoms with Gasteiger partial charge in [0.05, 0.1) is 17.4 Å². The molecule has 7 heteroatoms. The Hall–Kier alpha value is -2.96. The third kappa shape index (κ3) is 2.40. The van der Waals surface area contributed by atoms with Crippen molar-refractivity contribution in [2.24, 2.45) is 7.05 Å². The molecule has 0 fully saturated rings. The largest absolute Gasteiger partial charge is 0.335 e. The van der Waals surface area contributed by atoms with Gasteiger partial charge in [-0.2, -0.15) is 5.10 Å². The van der Waals surface area contributed by atoms with E-state index in [4.69, 9.17) is 0 Å². The Kier molecular flexibility index (Phi) is 3.18. The lowest BCUT2D eigenvalue weighted by Crippen LogP contribution is -2.34. The predicted molar refractivity (Wildman–Crippen MR) is 84.7 cm³/mol. The fourth-order valence-electron chi connectivity index (χ4n) is 2.92. The van der Waals surface area contributed by atoms with E-state index in [1.165, 1.54) is 5.57 Å². The number of hydrogen-bond acceptors (Lipinski definition) is 4. The molecule has 1 aliphatic rings. The molecule has 23 heavy (non-hydrogen) atoms. The minimum Gasteiger partial charge on any atom is -0.335 e. The van der Waals surface area contributed by atoms with E-state index in [0.717, 1.165) is 17.6 Å². The lowest BCUT2D eigenvalue weighted by molar-refractivity contribution is 0.0773. The van der Waals surface area contributed by atoms with Crippen LogP contribution in [0, 0.1) is 0 Å². The summed E-state index contributed by atoms with van der Waals surface area (Å²) in [6.07, 6.45) is 8.14. The second-order valence-corrected chi connectivity index (χ2v) is 5.59. The third-order valence-corrected chi connectivity index (χ3v) is 4.19. The molecule has 0 N–H and O–H groups in total. The van der Waals surface area contributed by atoms with Crippen molar-refractivity contribution in [1.29, 1.82) is 0 Å². The number of carbonyl (C=O) groups is 1. The molecule has 0 saturated heterocycles. The molecule has 116 valence electrons. The Morgan fingerprint density at radius 1 is 1.30 bits per heavy atom. The summed E-state index contributed by atoms with van der Waals surface area (Å²) in [6, 6.07) is 5.61. The molecule has 0 saturated carbocycles. The second kappa shape index (κ2) is 5.35. The number of nitrogens with zero attached hydrogens (tertiary/aromatic N) is 6. The van der Waals surface area contributed by atoms with E-state index in [-0.39, 0.29) is 5.91 Å². The van der Waals surface area contributed by atoms with Gasteiger partial charge >= 0.3 is 0 Å². The van der Waals surface area contributed by atoms with E-state index in [2.05, 4.69) is 21.5 Å². The summed E-state index contributed by atoms with van der Waals surface area (Å²) in [4.78, 5) is 14.5. The van der Waals surface area contributed by atoms with E-state index in [9.17, 15) is 4.79 Å². The standard InChI is InChI=1S/C16H16N6O/c1-20-15(2-6-18-20)12-3-7-21(8-4-12)16(23)13-5-9-22-14(10-13)11-17-19-22/h2-3,5-6,9-11H,4,7-8H2,1H3. The summed E-state index contributed by atoms with van der Waals surface area (Å²) in [7, 11) is 1.93. The third-order valence-electron chi connectivity index (χ3n) is 4.19. The number of rotatable bonds is 2. The zero-order valence-corrected chi connectivity index (χ0v) is 12.8. The number of aryl methyl sites for hydroxylation is 1. The Labute approximate surface area is 132 Å². The van der Waals surface area contributed by atoms with Crippen molar-refractivity contribution in [2.45, 2.75) is 6.42 Å². The molecule has 1 aliphatic heterocycles. The van der Waals surface area contributed by atoms with E-state index in [0.29, 0.717) is 18.7 Å². The van der Waals surface area contributed by atoms with Crippen molar-refractivity contribution in [3.63, 3.8) is 0 Å². The minimum atomic E-state index is 0.0361. The minimum absolute atomic E-state index is 0.0361. The smallest absolute Gasteiger partial charge is 0.254 e. The summed E-state index contributed by atoms with van der Waals surface area (Å²) in [5.74, 6) is 0.0361. The van der Waals surface area contributed by atoms with Crippen LogP contribution in [-0.4, -0.2) is 48.5 Å². The van der Waals surface area contributed by atoms with Gasteiger partial charge in [-0.3, -0.25) is 9.48 Å². The average Bonchev–Trinajstić information content (AvgIpc) is 3.22. The zero-order chi connectivity index (χ0) is 15.8. The molecule has 0 aromatic carbocycles. The number of pyridine rings is 1. The van der Waals surface area contributed by atoms with Gasteiger partial charge in [0.1, 0.15) is 0 Å². The van der Waals surface area contributed by atoms with Gasteiger partial charge in [0.2, 0.25) is 0 Å². The predicted octanol–water partition coefficient (Wildman–Crippen LogP) is 1.39. The van der Waals surface area contributed by atoms with Crippen molar-refractivity contribution >= 4 is 17.0 Å². The first-order chi connectivity index (χ1) is 11.2. The van der Waals surface area contributed by atoms with Gasteiger partial charge in [0.25, 0.3) is 5.91 Å². The molecule has 0 bridgehead atoms. The first kappa shape index (κ1) is 13.7. The topological polar surface area (TPSA) is 68.3 Å². The highest BCUT2D eigenvalue weighted by atomic mass is 16.2. The highest BCUT2D eigenvalue weighted by molar-refractivity contribution is 5.95. The molecular formula is C16H16N6O. The van der Waals surface area contributed by atoms with Gasteiger partial charge in [-0.1, -0.05) is 11.3 Å². The fourth-order valence-corrected chi connectivity index (χ4v) is 2.92. The van der Waals surface area contributed by atoms with Crippen LogP contribution >= 0.6 is 0 Å². The first-order valence-electron chi connectivity index (χ1n) is 7.49. The van der Waals surface area contributed by atoms with Gasteiger partial charge in [-0.25, -0.2) is 4.52 Å². The molecule has 3 aromatic heterocycles. The average molecular weight is 308 g/mol. The van der Waals surface area contributed by atoms with E-state index in [1.807, 2.05) is 28.8 Å². The number of amides is 1. The number of hydrogen-bond donors (Lipinski definition) is 0. The lowest BCUT2D eigenvalue weighted by Gasteiger charge is -2.26. The van der Waals surface area contributed by atoms with Gasteiger partial charge in [0.15, 0.2) is 0 Å². The summed E-state index contributed by atoms with van der Waals surface area (Å²) in [5.41, 5.74) is 3.84. The molecule has 7 nitrogen and oxygen atoms in total. The molecule has 4 heterocycles. The van der Waals surface area contributed by atoms with Gasteiger partial charge in [-0.05, 0) is 30.2 Å². The van der Waals surface area contributed by atoms with Gasteiger partial charge in [-0.15, -0.1) is 5.10 Å². The zero-order valence-electron chi connectivity index (χ0n) is 12.8. The van der Waals surface area contributed by atoms with Crippen LogP contribution in [0.2, 0.25) is 0 Å². The van der Waals surface area contributed by atoms with Crippen LogP contribution in [-0.2, 0) is 7.05 Å². The Balaban J connectivity index is 1.54. The second-order valence-electron chi connectivity index (χ2n) is 5.59. The van der Waals surface area contributed by atoms with Crippen molar-refractivity contribution in [1.82, 2.24) is 29.5 Å². The highest BCUT2D eigenvalue weighted by Crippen LogP contribution is 2.22. The van der Waals surface area contributed by atoms with Crippen LogP contribution in [0.5, 0.6) is 0 Å². The summed E-state index contributed by atoms with van der Waals surface area (Å²) in [5, 5.41) is 11.9. The Morgan fingerprint density at radius 3 is 2.96 bits per heavy atom. The van der Waals surface area contributed by atoms with Crippen molar-refractivity contribution in [2.75, 3.05) is 13.1 Å². The maximum Gasteiger partial charge on any atom is 0.254 e. The maximum absolute atomic E-state index is 12.7. The number of aromatic nitrogens is 5. The van der Waals surface area contributed by atoms with E-state index in [1.54, 1.807) is 29.2 Å². The number of fused-ring (bicyclic) bond motifs is 1. The molecular weight excluding hydrogens is 292 g/mol. The molecule has 4 rings (SSSR count). The van der Waals surface area contributed by atoms with Crippen LogP contribution in [0.3, 0.4) is 0 Å². The molecule has 0 radical (unpaired) electrons. The lowest BCUT2D eigenvalue weighted by atomic mass is 10.0. The van der Waals surface area contributed by atoms with Gasteiger partial charge < -0.3 is 4.90 Å². The van der Waals surface area contributed by atoms with Crippen LogP contribution < -0.4 is 0 Å².